The standard InChI is InChI=1S/C25H24Cl2F4N4O2/c1-2-5-32-23(36)19-9-16-14(11-33-19)12-35(20(16)6-13-3-4-13)21-10-24(37-34-21,25(29,30)31)15-7-17(26)22(28)18(27)8-15/h7-9,11,13,20H,2-6,10,12H2,1H3,(H,32,36). The van der Waals surface area contributed by atoms with Crippen LogP contribution in [0.1, 0.15) is 72.2 Å². The van der Waals surface area contributed by atoms with Crippen LogP contribution in [-0.4, -0.2) is 34.3 Å². The molecule has 1 aromatic heterocycles. The van der Waals surface area contributed by atoms with E-state index in [2.05, 4.69) is 15.5 Å². The normalized spacial score (nSPS) is 23.1. The molecule has 12 heteroatoms. The number of amides is 1. The van der Waals surface area contributed by atoms with Crippen LogP contribution in [0.5, 0.6) is 0 Å². The first-order chi connectivity index (χ1) is 17.5. The smallest absolute Gasteiger partial charge is 0.372 e. The second-order valence-electron chi connectivity index (χ2n) is 9.70. The summed E-state index contributed by atoms with van der Waals surface area (Å²) in [5.41, 5.74) is -1.37. The molecule has 2 aromatic rings. The van der Waals surface area contributed by atoms with Gasteiger partial charge in [0.2, 0.25) is 0 Å². The van der Waals surface area contributed by atoms with Gasteiger partial charge < -0.3 is 15.1 Å². The number of hydrogen-bond donors (Lipinski definition) is 1. The second kappa shape index (κ2) is 9.62. The fourth-order valence-corrected chi connectivity index (χ4v) is 5.37. The molecule has 0 radical (unpaired) electrons. The minimum absolute atomic E-state index is 0.104. The molecular formula is C25H24Cl2F4N4O2. The third kappa shape index (κ3) is 4.74. The number of nitrogens with zero attached hydrogens (tertiary/aromatic N) is 3. The first-order valence-electron chi connectivity index (χ1n) is 12.0. The summed E-state index contributed by atoms with van der Waals surface area (Å²) in [7, 11) is 0. The van der Waals surface area contributed by atoms with Crippen molar-refractivity contribution in [1.82, 2.24) is 15.2 Å². The molecule has 1 aromatic carbocycles. The molecule has 1 saturated carbocycles. The zero-order valence-corrected chi connectivity index (χ0v) is 21.4. The van der Waals surface area contributed by atoms with Crippen LogP contribution in [0.2, 0.25) is 10.0 Å². The number of pyridine rings is 1. The van der Waals surface area contributed by atoms with E-state index in [1.165, 1.54) is 0 Å². The lowest BCUT2D eigenvalue weighted by molar-refractivity contribution is -0.275. The monoisotopic (exact) mass is 558 g/mol. The summed E-state index contributed by atoms with van der Waals surface area (Å²) in [6.45, 7) is 2.73. The topological polar surface area (TPSA) is 66.8 Å². The number of aromatic nitrogens is 1. The molecule has 5 rings (SSSR count). The van der Waals surface area contributed by atoms with E-state index in [0.29, 0.717) is 18.9 Å². The molecule has 1 fully saturated rings. The Morgan fingerprint density at radius 3 is 2.57 bits per heavy atom. The van der Waals surface area contributed by atoms with E-state index in [1.807, 2.05) is 6.92 Å². The Morgan fingerprint density at radius 2 is 1.95 bits per heavy atom. The van der Waals surface area contributed by atoms with Crippen molar-refractivity contribution in [2.24, 2.45) is 11.1 Å². The molecular weight excluding hydrogens is 535 g/mol. The van der Waals surface area contributed by atoms with Gasteiger partial charge in [0.05, 0.1) is 22.5 Å². The summed E-state index contributed by atoms with van der Waals surface area (Å²) in [6, 6.07) is 3.19. The lowest BCUT2D eigenvalue weighted by Crippen LogP contribution is -2.44. The molecule has 3 heterocycles. The van der Waals surface area contributed by atoms with Gasteiger partial charge in [-0.3, -0.25) is 9.78 Å². The maximum Gasteiger partial charge on any atom is 0.435 e. The van der Waals surface area contributed by atoms with Crippen molar-refractivity contribution in [1.29, 1.82) is 0 Å². The lowest BCUT2D eigenvalue weighted by Gasteiger charge is -2.31. The molecule has 6 nitrogen and oxygen atoms in total. The average molecular weight is 559 g/mol. The summed E-state index contributed by atoms with van der Waals surface area (Å²) in [4.78, 5) is 23.7. The van der Waals surface area contributed by atoms with Gasteiger partial charge in [0.1, 0.15) is 11.5 Å². The molecule has 1 N–H and O–H groups in total. The Bertz CT molecular complexity index is 1240. The molecule has 37 heavy (non-hydrogen) atoms. The fourth-order valence-electron chi connectivity index (χ4n) is 4.88. The van der Waals surface area contributed by atoms with Crippen LogP contribution >= 0.6 is 23.2 Å². The molecule has 198 valence electrons. The number of halogens is 6. The maximum absolute atomic E-state index is 14.5. The number of oxime groups is 1. The summed E-state index contributed by atoms with van der Waals surface area (Å²) in [6.07, 6.45) is -0.371. The van der Waals surface area contributed by atoms with Gasteiger partial charge in [0.15, 0.2) is 5.82 Å². The van der Waals surface area contributed by atoms with Crippen LogP contribution in [0.4, 0.5) is 17.6 Å². The van der Waals surface area contributed by atoms with Gasteiger partial charge in [-0.05, 0) is 48.1 Å². The number of carbonyl (C=O) groups is 1. The molecule has 0 spiro atoms. The van der Waals surface area contributed by atoms with Crippen molar-refractivity contribution in [3.05, 3.63) is 62.6 Å². The van der Waals surface area contributed by atoms with Gasteiger partial charge in [-0.15, -0.1) is 0 Å². The Balaban J connectivity index is 1.47. The predicted octanol–water partition coefficient (Wildman–Crippen LogP) is 6.52. The number of fused-ring (bicyclic) bond motifs is 1. The molecule has 2 atom stereocenters. The summed E-state index contributed by atoms with van der Waals surface area (Å²) in [5, 5.41) is 5.62. The van der Waals surface area contributed by atoms with Gasteiger partial charge in [0, 0.05) is 24.8 Å². The Hall–Kier alpha value is -2.59. The zero-order valence-electron chi connectivity index (χ0n) is 19.8. The SMILES string of the molecule is CCCNC(=O)c1cc2c(cn1)CN(C1=NOC(c3cc(Cl)c(F)c(Cl)c3)(C(F)(F)F)C1)C2CC1CC1. The van der Waals surface area contributed by atoms with E-state index in [1.54, 1.807) is 17.2 Å². The van der Waals surface area contributed by atoms with Gasteiger partial charge >= 0.3 is 6.18 Å². The van der Waals surface area contributed by atoms with Crippen molar-refractivity contribution < 1.29 is 27.2 Å². The summed E-state index contributed by atoms with van der Waals surface area (Å²) < 4.78 is 57.5. The van der Waals surface area contributed by atoms with Crippen LogP contribution in [-0.2, 0) is 17.0 Å². The largest absolute Gasteiger partial charge is 0.435 e. The van der Waals surface area contributed by atoms with Crippen LogP contribution in [0.3, 0.4) is 0 Å². The number of rotatable bonds is 6. The Morgan fingerprint density at radius 1 is 1.24 bits per heavy atom. The lowest BCUT2D eigenvalue weighted by atomic mass is 9.89. The maximum atomic E-state index is 14.5. The molecule has 2 unspecified atom stereocenters. The van der Waals surface area contributed by atoms with E-state index >= 15 is 0 Å². The highest BCUT2D eigenvalue weighted by atomic mass is 35.5. The molecule has 3 aliphatic rings. The zero-order chi connectivity index (χ0) is 26.5. The van der Waals surface area contributed by atoms with E-state index in [-0.39, 0.29) is 30.0 Å². The van der Waals surface area contributed by atoms with Crippen molar-refractivity contribution in [2.45, 2.75) is 63.4 Å². The third-order valence-corrected chi connectivity index (χ3v) is 7.62. The average Bonchev–Trinajstić information content (AvgIpc) is 3.43. The van der Waals surface area contributed by atoms with Gasteiger partial charge in [-0.2, -0.15) is 13.2 Å². The third-order valence-electron chi connectivity index (χ3n) is 7.07. The quantitative estimate of drug-likeness (QED) is 0.324. The molecule has 0 saturated heterocycles. The van der Waals surface area contributed by atoms with Gasteiger partial charge in [0.25, 0.3) is 11.5 Å². The first-order valence-corrected chi connectivity index (χ1v) is 12.8. The highest BCUT2D eigenvalue weighted by molar-refractivity contribution is 6.35. The summed E-state index contributed by atoms with van der Waals surface area (Å²) in [5.74, 6) is -0.757. The minimum Gasteiger partial charge on any atom is -0.372 e. The Kier molecular flexibility index (Phi) is 6.77. The number of nitrogens with one attached hydrogen (secondary N) is 1. The molecule has 0 bridgehead atoms. The van der Waals surface area contributed by atoms with Crippen LogP contribution < -0.4 is 5.32 Å². The van der Waals surface area contributed by atoms with Crippen molar-refractivity contribution >= 4 is 34.9 Å². The molecule has 1 amide bonds. The second-order valence-corrected chi connectivity index (χ2v) is 10.5. The number of benzene rings is 1. The van der Waals surface area contributed by atoms with Crippen LogP contribution in [0.15, 0.2) is 29.6 Å². The number of amidine groups is 1. The minimum atomic E-state index is -4.90. The molecule has 1 aliphatic carbocycles. The van der Waals surface area contributed by atoms with Crippen LogP contribution in [0, 0.1) is 11.7 Å². The van der Waals surface area contributed by atoms with E-state index in [0.717, 1.165) is 42.5 Å². The van der Waals surface area contributed by atoms with Crippen molar-refractivity contribution in [3.8, 4) is 0 Å². The van der Waals surface area contributed by atoms with E-state index < -0.39 is 39.6 Å². The van der Waals surface area contributed by atoms with E-state index in [4.69, 9.17) is 28.0 Å². The highest BCUT2D eigenvalue weighted by Gasteiger charge is 2.63. The van der Waals surface area contributed by atoms with Crippen LogP contribution in [0.25, 0.3) is 0 Å². The summed E-state index contributed by atoms with van der Waals surface area (Å²) >= 11 is 11.6. The van der Waals surface area contributed by atoms with E-state index in [9.17, 15) is 22.4 Å². The predicted molar refractivity (Wildman–Crippen MR) is 130 cm³/mol. The van der Waals surface area contributed by atoms with Gasteiger partial charge in [-0.1, -0.05) is 48.1 Å². The number of carbonyl (C=O) groups excluding carboxylic acids is 1. The van der Waals surface area contributed by atoms with Crippen molar-refractivity contribution in [2.75, 3.05) is 6.54 Å². The fraction of sp³-hybridized carbons (Fsp3) is 0.480. The van der Waals surface area contributed by atoms with Crippen molar-refractivity contribution in [3.63, 3.8) is 0 Å². The number of hydrogen-bond acceptors (Lipinski definition) is 5. The Labute approximate surface area is 221 Å². The molecule has 2 aliphatic heterocycles. The number of alkyl halides is 3. The highest BCUT2D eigenvalue weighted by Crippen LogP contribution is 2.52. The first kappa shape index (κ1) is 26.0. The van der Waals surface area contributed by atoms with Gasteiger partial charge in [-0.25, -0.2) is 4.39 Å².